The van der Waals surface area contributed by atoms with Crippen LogP contribution in [0, 0.1) is 5.82 Å². The minimum Gasteiger partial charge on any atom is -0.493 e. The van der Waals surface area contributed by atoms with Gasteiger partial charge in [0.1, 0.15) is 5.82 Å². The Bertz CT molecular complexity index is 858. The summed E-state index contributed by atoms with van der Waals surface area (Å²) in [4.78, 5) is 12.2. The van der Waals surface area contributed by atoms with Gasteiger partial charge < -0.3 is 20.1 Å². The number of carbonyl (C=O) groups is 1. The molecule has 2 aromatic rings. The van der Waals surface area contributed by atoms with Crippen molar-refractivity contribution in [3.05, 3.63) is 65.5 Å². The van der Waals surface area contributed by atoms with Crippen LogP contribution in [0.15, 0.2) is 43.0 Å². The fraction of sp³-hybridized carbons (Fsp3) is 0.286. The van der Waals surface area contributed by atoms with Gasteiger partial charge in [-0.15, -0.1) is 19.0 Å². The third-order valence-electron chi connectivity index (χ3n) is 4.45. The smallest absolute Gasteiger partial charge is 0.262 e. The van der Waals surface area contributed by atoms with Crippen LogP contribution in [0.2, 0.25) is 0 Å². The number of ether oxygens (including phenoxy) is 2. The van der Waals surface area contributed by atoms with Crippen LogP contribution < -0.4 is 20.1 Å². The number of fused-ring (bicyclic) bond motifs is 1. The minimum absolute atomic E-state index is 0. The van der Waals surface area contributed by atoms with E-state index in [1.165, 1.54) is 7.11 Å². The van der Waals surface area contributed by atoms with E-state index >= 15 is 0 Å². The van der Waals surface area contributed by atoms with E-state index < -0.39 is 5.91 Å². The summed E-state index contributed by atoms with van der Waals surface area (Å²) >= 11 is 0. The molecule has 7 heteroatoms. The van der Waals surface area contributed by atoms with E-state index in [-0.39, 0.29) is 30.5 Å². The lowest BCUT2D eigenvalue weighted by atomic mass is 9.99. The number of benzene rings is 2. The van der Waals surface area contributed by atoms with E-state index in [1.54, 1.807) is 18.2 Å². The molecule has 2 aromatic carbocycles. The number of halogens is 2. The molecule has 1 amide bonds. The Morgan fingerprint density at radius 1 is 1.32 bits per heavy atom. The largest absolute Gasteiger partial charge is 0.493 e. The quantitative estimate of drug-likeness (QED) is 0.689. The zero-order chi connectivity index (χ0) is 19.2. The van der Waals surface area contributed by atoms with Gasteiger partial charge in [-0.05, 0) is 54.3 Å². The highest BCUT2D eigenvalue weighted by atomic mass is 35.5. The van der Waals surface area contributed by atoms with Crippen LogP contribution in [0.3, 0.4) is 0 Å². The van der Waals surface area contributed by atoms with E-state index in [0.717, 1.165) is 17.7 Å². The van der Waals surface area contributed by atoms with E-state index in [0.29, 0.717) is 36.4 Å². The van der Waals surface area contributed by atoms with Crippen molar-refractivity contribution in [2.75, 3.05) is 25.6 Å². The van der Waals surface area contributed by atoms with E-state index in [9.17, 15) is 9.18 Å². The first-order valence-electron chi connectivity index (χ1n) is 8.83. The van der Waals surface area contributed by atoms with Crippen LogP contribution in [0.4, 0.5) is 10.1 Å². The molecule has 0 bridgehead atoms. The predicted octanol–water partition coefficient (Wildman–Crippen LogP) is 3.65. The molecule has 0 aromatic heterocycles. The molecule has 3 rings (SSSR count). The monoisotopic (exact) mass is 406 g/mol. The van der Waals surface area contributed by atoms with Crippen LogP contribution in [0.25, 0.3) is 0 Å². The second-order valence-electron chi connectivity index (χ2n) is 6.31. The molecule has 1 aliphatic rings. The molecule has 0 atom stereocenters. The van der Waals surface area contributed by atoms with Crippen LogP contribution in [-0.4, -0.2) is 26.2 Å². The van der Waals surface area contributed by atoms with Gasteiger partial charge in [0.2, 0.25) is 0 Å². The summed E-state index contributed by atoms with van der Waals surface area (Å²) in [6.07, 6.45) is 3.12. The van der Waals surface area contributed by atoms with Crippen molar-refractivity contribution in [1.82, 2.24) is 5.32 Å². The molecule has 0 fully saturated rings. The van der Waals surface area contributed by atoms with Gasteiger partial charge in [0, 0.05) is 6.54 Å². The first-order valence-corrected chi connectivity index (χ1v) is 8.83. The molecular weight excluding hydrogens is 383 g/mol. The Balaban J connectivity index is 0.00000280. The zero-order valence-corrected chi connectivity index (χ0v) is 16.5. The summed E-state index contributed by atoms with van der Waals surface area (Å²) in [5.41, 5.74) is 2.80. The molecular formula is C21H24ClFN2O3. The topological polar surface area (TPSA) is 59.6 Å². The van der Waals surface area contributed by atoms with Crippen molar-refractivity contribution in [3.8, 4) is 11.5 Å². The van der Waals surface area contributed by atoms with Crippen LogP contribution in [-0.2, 0) is 24.2 Å². The van der Waals surface area contributed by atoms with E-state index in [1.807, 2.05) is 18.2 Å². The van der Waals surface area contributed by atoms with E-state index in [4.69, 9.17) is 9.47 Å². The molecule has 1 aliphatic heterocycles. The highest BCUT2D eigenvalue weighted by molar-refractivity contribution is 5.92. The van der Waals surface area contributed by atoms with Gasteiger partial charge in [-0.1, -0.05) is 18.2 Å². The second-order valence-corrected chi connectivity index (χ2v) is 6.31. The molecule has 1 heterocycles. The number of methoxy groups -OCH3 is 1. The Morgan fingerprint density at radius 3 is 2.89 bits per heavy atom. The molecule has 0 unspecified atom stereocenters. The number of rotatable bonds is 7. The fourth-order valence-corrected chi connectivity index (χ4v) is 3.08. The van der Waals surface area contributed by atoms with Crippen molar-refractivity contribution in [1.29, 1.82) is 0 Å². The summed E-state index contributed by atoms with van der Waals surface area (Å²) in [6.45, 7) is 4.84. The summed E-state index contributed by atoms with van der Waals surface area (Å²) in [6, 6.07) is 8.89. The molecule has 0 spiro atoms. The van der Waals surface area contributed by atoms with Gasteiger partial charge in [0.15, 0.2) is 18.1 Å². The van der Waals surface area contributed by atoms with Crippen LogP contribution in [0.1, 0.15) is 16.7 Å². The summed E-state index contributed by atoms with van der Waals surface area (Å²) < 4.78 is 25.5. The van der Waals surface area contributed by atoms with Crippen molar-refractivity contribution >= 4 is 24.0 Å². The Labute approximate surface area is 170 Å². The van der Waals surface area contributed by atoms with E-state index in [2.05, 4.69) is 17.2 Å². The van der Waals surface area contributed by atoms with Crippen LogP contribution in [0.5, 0.6) is 11.5 Å². The van der Waals surface area contributed by atoms with Crippen molar-refractivity contribution in [3.63, 3.8) is 0 Å². The Hall–Kier alpha value is -2.57. The normalized spacial score (nSPS) is 12.4. The van der Waals surface area contributed by atoms with Crippen molar-refractivity contribution < 1.29 is 18.7 Å². The number of carbonyl (C=O) groups excluding carboxylic acids is 1. The number of nitrogens with one attached hydrogen (secondary N) is 2. The maximum absolute atomic E-state index is 14.6. The average Bonchev–Trinajstić information content (AvgIpc) is 2.69. The molecule has 0 saturated heterocycles. The molecule has 0 radical (unpaired) electrons. The Kier molecular flexibility index (Phi) is 7.84. The van der Waals surface area contributed by atoms with Gasteiger partial charge in [0.05, 0.1) is 12.8 Å². The van der Waals surface area contributed by atoms with Crippen molar-refractivity contribution in [2.45, 2.75) is 19.4 Å². The second kappa shape index (κ2) is 10.1. The SMILES string of the molecule is C=CCc1ccc(OCC(=O)Nc2ccc3c(c2F)CCNC3)c(OC)c1.Cl. The van der Waals surface area contributed by atoms with Gasteiger partial charge in [-0.3, -0.25) is 4.79 Å². The maximum atomic E-state index is 14.6. The Morgan fingerprint density at radius 2 is 2.14 bits per heavy atom. The molecule has 150 valence electrons. The molecule has 5 nitrogen and oxygen atoms in total. The first kappa shape index (κ1) is 21.7. The first-order chi connectivity index (χ1) is 13.1. The maximum Gasteiger partial charge on any atom is 0.262 e. The highest BCUT2D eigenvalue weighted by Crippen LogP contribution is 2.29. The molecule has 0 saturated carbocycles. The standard InChI is InChI=1S/C21H23FN2O3.ClH/c1-3-4-14-5-8-18(19(11-14)26-2)27-13-20(25)24-17-7-6-15-12-23-10-9-16(15)21(17)22;/h3,5-8,11,23H,1,4,9-10,12-13H2,2H3,(H,24,25);1H. The van der Waals surface area contributed by atoms with Crippen molar-refractivity contribution in [2.24, 2.45) is 0 Å². The van der Waals surface area contributed by atoms with Gasteiger partial charge in [-0.2, -0.15) is 0 Å². The average molecular weight is 407 g/mol. The van der Waals surface area contributed by atoms with Gasteiger partial charge in [0.25, 0.3) is 5.91 Å². The minimum atomic E-state index is -0.431. The lowest BCUT2D eigenvalue weighted by Crippen LogP contribution is -2.26. The fourth-order valence-electron chi connectivity index (χ4n) is 3.08. The summed E-state index contributed by atoms with van der Waals surface area (Å²) in [7, 11) is 1.54. The lowest BCUT2D eigenvalue weighted by molar-refractivity contribution is -0.118. The van der Waals surface area contributed by atoms with Crippen LogP contribution >= 0.6 is 12.4 Å². The summed E-state index contributed by atoms with van der Waals surface area (Å²) in [5, 5.41) is 5.78. The number of allylic oxidation sites excluding steroid dienone is 1. The zero-order valence-electron chi connectivity index (χ0n) is 15.7. The predicted molar refractivity (Wildman–Crippen MR) is 110 cm³/mol. The third kappa shape index (κ3) is 5.03. The molecule has 2 N–H and O–H groups in total. The number of hydrogen-bond donors (Lipinski definition) is 2. The number of hydrogen-bond acceptors (Lipinski definition) is 4. The highest BCUT2D eigenvalue weighted by Gasteiger charge is 2.18. The van der Waals surface area contributed by atoms with Gasteiger partial charge in [-0.25, -0.2) is 4.39 Å². The molecule has 28 heavy (non-hydrogen) atoms. The molecule has 0 aliphatic carbocycles. The number of anilines is 1. The number of amides is 1. The summed E-state index contributed by atoms with van der Waals surface area (Å²) in [5.74, 6) is 0.195. The van der Waals surface area contributed by atoms with Gasteiger partial charge >= 0.3 is 0 Å². The third-order valence-corrected chi connectivity index (χ3v) is 4.45. The lowest BCUT2D eigenvalue weighted by Gasteiger charge is -2.19.